The van der Waals surface area contributed by atoms with Gasteiger partial charge in [-0.15, -0.1) is 0 Å². The normalized spacial score (nSPS) is 11.5. The van der Waals surface area contributed by atoms with Gasteiger partial charge in [-0.2, -0.15) is 4.31 Å². The Labute approximate surface area is 191 Å². The van der Waals surface area contributed by atoms with E-state index in [1.165, 1.54) is 4.31 Å². The molecular formula is C26H30N2O3S. The highest BCUT2D eigenvalue weighted by Gasteiger charge is 2.29. The molecule has 3 rings (SSSR count). The van der Waals surface area contributed by atoms with E-state index in [0.717, 1.165) is 22.3 Å². The van der Waals surface area contributed by atoms with Crippen LogP contribution in [0.3, 0.4) is 0 Å². The van der Waals surface area contributed by atoms with Gasteiger partial charge in [0.25, 0.3) is 0 Å². The highest BCUT2D eigenvalue weighted by atomic mass is 32.2. The molecule has 32 heavy (non-hydrogen) atoms. The van der Waals surface area contributed by atoms with Gasteiger partial charge in [0.15, 0.2) is 0 Å². The Morgan fingerprint density at radius 3 is 2.00 bits per heavy atom. The average molecular weight is 451 g/mol. The quantitative estimate of drug-likeness (QED) is 0.552. The maximum atomic E-state index is 13.7. The molecule has 3 aromatic rings. The molecule has 0 aliphatic heterocycles. The van der Waals surface area contributed by atoms with Crippen LogP contribution in [0.5, 0.6) is 0 Å². The molecule has 0 aliphatic carbocycles. The van der Waals surface area contributed by atoms with Crippen LogP contribution in [0.4, 0.5) is 0 Å². The van der Waals surface area contributed by atoms with Crippen molar-refractivity contribution < 1.29 is 13.2 Å². The number of hydrogen-bond donors (Lipinski definition) is 1. The first-order valence-electron chi connectivity index (χ1n) is 10.6. The van der Waals surface area contributed by atoms with Crippen LogP contribution < -0.4 is 5.32 Å². The fourth-order valence-electron chi connectivity index (χ4n) is 3.84. The highest BCUT2D eigenvalue weighted by Crippen LogP contribution is 2.26. The first kappa shape index (κ1) is 23.7. The molecule has 0 unspecified atom stereocenters. The van der Waals surface area contributed by atoms with Crippen LogP contribution in [0.25, 0.3) is 0 Å². The lowest BCUT2D eigenvalue weighted by molar-refractivity contribution is -0.121. The Kier molecular flexibility index (Phi) is 7.48. The van der Waals surface area contributed by atoms with E-state index in [-0.39, 0.29) is 23.9 Å². The van der Waals surface area contributed by atoms with Crippen molar-refractivity contribution in [2.45, 2.75) is 45.7 Å². The minimum atomic E-state index is -3.89. The molecule has 0 saturated carbocycles. The van der Waals surface area contributed by atoms with Crippen molar-refractivity contribution in [3.63, 3.8) is 0 Å². The van der Waals surface area contributed by atoms with Gasteiger partial charge in [-0.3, -0.25) is 4.79 Å². The Morgan fingerprint density at radius 1 is 0.812 bits per heavy atom. The Morgan fingerprint density at radius 2 is 1.41 bits per heavy atom. The number of hydrogen-bond acceptors (Lipinski definition) is 3. The summed E-state index contributed by atoms with van der Waals surface area (Å²) in [5.74, 6) is -0.341. The molecule has 168 valence electrons. The first-order valence-corrected chi connectivity index (χ1v) is 12.0. The number of nitrogens with zero attached hydrogens (tertiary/aromatic N) is 1. The molecule has 0 radical (unpaired) electrons. The third-order valence-corrected chi connectivity index (χ3v) is 7.43. The molecule has 0 heterocycles. The van der Waals surface area contributed by atoms with Crippen LogP contribution in [0, 0.1) is 27.7 Å². The molecular weight excluding hydrogens is 420 g/mol. The Balaban J connectivity index is 1.89. The summed E-state index contributed by atoms with van der Waals surface area (Å²) in [5.41, 5.74) is 5.25. The van der Waals surface area contributed by atoms with Crippen LogP contribution in [0.15, 0.2) is 71.6 Å². The topological polar surface area (TPSA) is 66.5 Å². The minimum absolute atomic E-state index is 0.119. The van der Waals surface area contributed by atoms with Crippen LogP contribution in [-0.2, 0) is 27.9 Å². The highest BCUT2D eigenvalue weighted by molar-refractivity contribution is 7.89. The van der Waals surface area contributed by atoms with Crippen LogP contribution in [0.2, 0.25) is 0 Å². The summed E-state index contributed by atoms with van der Waals surface area (Å²) in [6.45, 7) is 7.73. The zero-order valence-electron chi connectivity index (χ0n) is 19.1. The number of rotatable bonds is 8. The van der Waals surface area contributed by atoms with E-state index >= 15 is 0 Å². The molecule has 0 bridgehead atoms. The first-order chi connectivity index (χ1) is 15.2. The molecule has 0 aliphatic rings. The maximum Gasteiger partial charge on any atom is 0.244 e. The summed E-state index contributed by atoms with van der Waals surface area (Å²) in [5, 5.41) is 2.84. The number of carbonyl (C=O) groups excluding carboxylic acids is 1. The molecule has 0 spiro atoms. The number of sulfonamides is 1. The number of nitrogens with one attached hydrogen (secondary N) is 1. The minimum Gasteiger partial charge on any atom is -0.351 e. The van der Waals surface area contributed by atoms with Crippen molar-refractivity contribution in [1.82, 2.24) is 9.62 Å². The van der Waals surface area contributed by atoms with Crippen molar-refractivity contribution in [3.8, 4) is 0 Å². The van der Waals surface area contributed by atoms with Gasteiger partial charge in [-0.25, -0.2) is 8.42 Å². The van der Waals surface area contributed by atoms with Crippen molar-refractivity contribution in [2.24, 2.45) is 0 Å². The van der Waals surface area contributed by atoms with Crippen LogP contribution >= 0.6 is 0 Å². The second-order valence-corrected chi connectivity index (χ2v) is 10.1. The fraction of sp³-hybridized carbons (Fsp3) is 0.269. The molecule has 0 fully saturated rings. The SMILES string of the molecule is Cc1ccc(CN(CC(=O)NCc2ccccc2)S(=O)(=O)c2c(C)cc(C)cc2C)cc1. The van der Waals surface area contributed by atoms with Crippen LogP contribution in [0.1, 0.15) is 33.4 Å². The van der Waals surface area contributed by atoms with E-state index in [1.807, 2.05) is 80.6 Å². The maximum absolute atomic E-state index is 13.7. The summed E-state index contributed by atoms with van der Waals surface area (Å²) in [6.07, 6.45) is 0. The van der Waals surface area contributed by atoms with Crippen molar-refractivity contribution in [1.29, 1.82) is 0 Å². The average Bonchev–Trinajstić information content (AvgIpc) is 2.73. The molecule has 1 amide bonds. The van der Waals surface area contributed by atoms with E-state index in [2.05, 4.69) is 5.32 Å². The van der Waals surface area contributed by atoms with E-state index in [9.17, 15) is 13.2 Å². The van der Waals surface area contributed by atoms with Gasteiger partial charge in [0, 0.05) is 13.1 Å². The lowest BCUT2D eigenvalue weighted by Gasteiger charge is -2.24. The van der Waals surface area contributed by atoms with E-state index < -0.39 is 10.0 Å². The summed E-state index contributed by atoms with van der Waals surface area (Å²) in [6, 6.07) is 20.9. The predicted octanol–water partition coefficient (Wildman–Crippen LogP) is 4.43. The third-order valence-electron chi connectivity index (χ3n) is 5.33. The van der Waals surface area contributed by atoms with Gasteiger partial charge in [0.05, 0.1) is 11.4 Å². The Hall–Kier alpha value is -2.96. The van der Waals surface area contributed by atoms with Gasteiger partial charge in [0.1, 0.15) is 0 Å². The third kappa shape index (κ3) is 5.84. The van der Waals surface area contributed by atoms with E-state index in [0.29, 0.717) is 17.7 Å². The zero-order valence-corrected chi connectivity index (χ0v) is 19.9. The molecule has 3 aromatic carbocycles. The largest absolute Gasteiger partial charge is 0.351 e. The lowest BCUT2D eigenvalue weighted by Crippen LogP contribution is -2.40. The van der Waals surface area contributed by atoms with Gasteiger partial charge >= 0.3 is 0 Å². The van der Waals surface area contributed by atoms with Gasteiger partial charge < -0.3 is 5.32 Å². The molecule has 0 aromatic heterocycles. The van der Waals surface area contributed by atoms with Crippen molar-refractivity contribution >= 4 is 15.9 Å². The molecule has 0 saturated heterocycles. The Bertz CT molecular complexity index is 1160. The summed E-state index contributed by atoms with van der Waals surface area (Å²) in [4.78, 5) is 13.0. The molecule has 1 N–H and O–H groups in total. The molecule has 5 nitrogen and oxygen atoms in total. The summed E-state index contributed by atoms with van der Waals surface area (Å²) < 4.78 is 28.7. The standard InChI is InChI=1S/C26H30N2O3S/c1-19-10-12-24(13-11-19)17-28(18-25(29)27-16-23-8-6-5-7-9-23)32(30,31)26-21(3)14-20(2)15-22(26)4/h5-15H,16-18H2,1-4H3,(H,27,29). The van der Waals surface area contributed by atoms with Gasteiger partial charge in [-0.05, 0) is 49.9 Å². The van der Waals surface area contributed by atoms with Gasteiger partial charge in [-0.1, -0.05) is 77.9 Å². The number of carbonyl (C=O) groups is 1. The molecule has 6 heteroatoms. The van der Waals surface area contributed by atoms with E-state index in [4.69, 9.17) is 0 Å². The van der Waals surface area contributed by atoms with E-state index in [1.54, 1.807) is 13.8 Å². The summed E-state index contributed by atoms with van der Waals surface area (Å²) in [7, 11) is -3.89. The monoisotopic (exact) mass is 450 g/mol. The predicted molar refractivity (Wildman–Crippen MR) is 128 cm³/mol. The molecule has 0 atom stereocenters. The second-order valence-electron chi connectivity index (χ2n) is 8.25. The van der Waals surface area contributed by atoms with Crippen molar-refractivity contribution in [2.75, 3.05) is 6.54 Å². The number of benzene rings is 3. The van der Waals surface area contributed by atoms with Crippen LogP contribution in [-0.4, -0.2) is 25.2 Å². The zero-order chi connectivity index (χ0) is 23.3. The fourth-order valence-corrected chi connectivity index (χ4v) is 5.63. The number of aryl methyl sites for hydroxylation is 4. The second kappa shape index (κ2) is 10.1. The lowest BCUT2D eigenvalue weighted by atomic mass is 10.1. The van der Waals surface area contributed by atoms with Gasteiger partial charge in [0.2, 0.25) is 15.9 Å². The summed E-state index contributed by atoms with van der Waals surface area (Å²) >= 11 is 0. The number of amides is 1. The smallest absolute Gasteiger partial charge is 0.244 e. The van der Waals surface area contributed by atoms with Crippen molar-refractivity contribution in [3.05, 3.63) is 100 Å².